The molecular formula is C16H16FNO2. The molecule has 0 spiro atoms. The maximum atomic E-state index is 13.9. The number of nitrogens with one attached hydrogen (secondary N) is 1. The van der Waals surface area contributed by atoms with Gasteiger partial charge in [-0.3, -0.25) is 4.79 Å². The van der Waals surface area contributed by atoms with Crippen LogP contribution in [0.3, 0.4) is 0 Å². The predicted molar refractivity (Wildman–Crippen MR) is 76.9 cm³/mol. The Bertz CT molecular complexity index is 653. The molecule has 0 aliphatic rings. The molecule has 3 nitrogen and oxygen atoms in total. The van der Waals surface area contributed by atoms with Crippen LogP contribution in [0.5, 0.6) is 0 Å². The molecule has 2 aromatic carbocycles. The summed E-state index contributed by atoms with van der Waals surface area (Å²) in [4.78, 5) is 10.6. The molecule has 0 radical (unpaired) electrons. The van der Waals surface area contributed by atoms with Gasteiger partial charge in [0.1, 0.15) is 5.82 Å². The molecule has 2 N–H and O–H groups in total. The highest BCUT2D eigenvalue weighted by molar-refractivity contribution is 5.71. The highest BCUT2D eigenvalue weighted by Crippen LogP contribution is 2.24. The summed E-state index contributed by atoms with van der Waals surface area (Å²) in [5, 5.41) is 11.7. The van der Waals surface area contributed by atoms with Crippen molar-refractivity contribution < 1.29 is 14.3 Å². The monoisotopic (exact) mass is 273 g/mol. The zero-order valence-corrected chi connectivity index (χ0v) is 11.4. The third kappa shape index (κ3) is 3.35. The first kappa shape index (κ1) is 14.1. The van der Waals surface area contributed by atoms with Crippen molar-refractivity contribution in [3.05, 3.63) is 58.9 Å². The van der Waals surface area contributed by atoms with E-state index in [2.05, 4.69) is 5.32 Å². The van der Waals surface area contributed by atoms with Crippen LogP contribution in [0.15, 0.2) is 36.4 Å². The Kier molecular flexibility index (Phi) is 4.03. The van der Waals surface area contributed by atoms with Gasteiger partial charge in [0.05, 0.1) is 12.1 Å². The summed E-state index contributed by atoms with van der Waals surface area (Å²) >= 11 is 0. The van der Waals surface area contributed by atoms with E-state index in [4.69, 9.17) is 5.11 Å². The van der Waals surface area contributed by atoms with E-state index in [0.29, 0.717) is 11.3 Å². The second-order valence-corrected chi connectivity index (χ2v) is 4.83. The summed E-state index contributed by atoms with van der Waals surface area (Å²) in [5.41, 5.74) is 3.79. The van der Waals surface area contributed by atoms with Crippen LogP contribution in [0.1, 0.15) is 16.7 Å². The Balaban J connectivity index is 2.23. The highest BCUT2D eigenvalue weighted by Gasteiger charge is 2.07. The normalized spacial score (nSPS) is 10.3. The molecule has 0 atom stereocenters. The van der Waals surface area contributed by atoms with E-state index in [-0.39, 0.29) is 6.42 Å². The van der Waals surface area contributed by atoms with Crippen molar-refractivity contribution in [2.45, 2.75) is 20.3 Å². The van der Waals surface area contributed by atoms with Crippen LogP contribution < -0.4 is 5.32 Å². The topological polar surface area (TPSA) is 49.3 Å². The van der Waals surface area contributed by atoms with E-state index in [1.807, 2.05) is 32.0 Å². The number of aliphatic carboxylic acids is 1. The van der Waals surface area contributed by atoms with Crippen LogP contribution >= 0.6 is 0 Å². The number of hydrogen-bond acceptors (Lipinski definition) is 2. The van der Waals surface area contributed by atoms with Crippen molar-refractivity contribution in [3.8, 4) is 0 Å². The van der Waals surface area contributed by atoms with Crippen LogP contribution in [0, 0.1) is 19.7 Å². The van der Waals surface area contributed by atoms with Crippen LogP contribution in [0.2, 0.25) is 0 Å². The van der Waals surface area contributed by atoms with Crippen LogP contribution in [-0.2, 0) is 11.2 Å². The number of hydrogen-bond donors (Lipinski definition) is 2. The van der Waals surface area contributed by atoms with Gasteiger partial charge >= 0.3 is 5.97 Å². The van der Waals surface area contributed by atoms with Gasteiger partial charge < -0.3 is 10.4 Å². The second-order valence-electron chi connectivity index (χ2n) is 4.83. The van der Waals surface area contributed by atoms with E-state index >= 15 is 0 Å². The smallest absolute Gasteiger partial charge is 0.307 e. The van der Waals surface area contributed by atoms with Crippen LogP contribution in [0.4, 0.5) is 15.8 Å². The lowest BCUT2D eigenvalue weighted by Gasteiger charge is -2.11. The minimum atomic E-state index is -0.973. The summed E-state index contributed by atoms with van der Waals surface area (Å²) in [5.74, 6) is -1.43. The number of anilines is 2. The molecule has 20 heavy (non-hydrogen) atoms. The summed E-state index contributed by atoms with van der Waals surface area (Å²) < 4.78 is 13.9. The Morgan fingerprint density at radius 2 is 1.85 bits per heavy atom. The first-order valence-corrected chi connectivity index (χ1v) is 6.30. The molecule has 0 heterocycles. The zero-order valence-electron chi connectivity index (χ0n) is 11.4. The van der Waals surface area contributed by atoms with E-state index in [0.717, 1.165) is 16.8 Å². The number of aryl methyl sites for hydroxylation is 2. The summed E-state index contributed by atoms with van der Waals surface area (Å²) in [7, 11) is 0. The number of halogens is 1. The molecule has 0 aromatic heterocycles. The maximum absolute atomic E-state index is 13.9. The van der Waals surface area contributed by atoms with E-state index in [1.54, 1.807) is 12.1 Å². The van der Waals surface area contributed by atoms with Crippen LogP contribution in [0.25, 0.3) is 0 Å². The fraction of sp³-hybridized carbons (Fsp3) is 0.188. The Hall–Kier alpha value is -2.36. The van der Waals surface area contributed by atoms with Gasteiger partial charge in [-0.25, -0.2) is 4.39 Å². The van der Waals surface area contributed by atoms with Crippen molar-refractivity contribution in [2.75, 3.05) is 5.32 Å². The Morgan fingerprint density at radius 3 is 2.45 bits per heavy atom. The number of carboxylic acid groups (broad SMARTS) is 1. The molecule has 2 rings (SSSR count). The minimum absolute atomic E-state index is 0.180. The van der Waals surface area contributed by atoms with Crippen LogP contribution in [-0.4, -0.2) is 11.1 Å². The molecule has 0 aliphatic carbocycles. The number of carbonyl (C=O) groups is 1. The molecule has 0 unspecified atom stereocenters. The number of carboxylic acids is 1. The molecule has 104 valence electrons. The molecular weight excluding hydrogens is 257 g/mol. The van der Waals surface area contributed by atoms with E-state index in [9.17, 15) is 9.18 Å². The lowest BCUT2D eigenvalue weighted by molar-refractivity contribution is -0.136. The largest absolute Gasteiger partial charge is 0.481 e. The van der Waals surface area contributed by atoms with Gasteiger partial charge in [0.25, 0.3) is 0 Å². The zero-order chi connectivity index (χ0) is 14.7. The van der Waals surface area contributed by atoms with Gasteiger partial charge in [-0.2, -0.15) is 0 Å². The molecule has 0 saturated heterocycles. The molecule has 2 aromatic rings. The first-order valence-electron chi connectivity index (χ1n) is 6.30. The first-order chi connectivity index (χ1) is 9.45. The number of benzene rings is 2. The summed E-state index contributed by atoms with van der Waals surface area (Å²) in [6, 6.07) is 10.3. The van der Waals surface area contributed by atoms with Gasteiger partial charge in [-0.15, -0.1) is 0 Å². The Morgan fingerprint density at radius 1 is 1.15 bits per heavy atom. The lowest BCUT2D eigenvalue weighted by Crippen LogP contribution is -2.02. The molecule has 0 amide bonds. The van der Waals surface area contributed by atoms with Gasteiger partial charge in [0.15, 0.2) is 0 Å². The third-order valence-corrected chi connectivity index (χ3v) is 3.04. The molecule has 0 bridgehead atoms. The van der Waals surface area contributed by atoms with Gasteiger partial charge in [-0.1, -0.05) is 23.8 Å². The summed E-state index contributed by atoms with van der Waals surface area (Å²) in [6.45, 7) is 3.95. The van der Waals surface area contributed by atoms with Crippen molar-refractivity contribution in [2.24, 2.45) is 0 Å². The second kappa shape index (κ2) is 5.74. The predicted octanol–water partition coefficient (Wildman–Crippen LogP) is 3.81. The average molecular weight is 273 g/mol. The molecule has 4 heteroatoms. The quantitative estimate of drug-likeness (QED) is 0.890. The van der Waals surface area contributed by atoms with Crippen molar-refractivity contribution in [1.29, 1.82) is 0 Å². The standard InChI is InChI=1S/C16H16FNO2/c1-10-3-5-14(11(2)7-10)18-15-6-4-12(8-13(15)17)9-16(19)20/h3-8,18H,9H2,1-2H3,(H,19,20). The van der Waals surface area contributed by atoms with Gasteiger partial charge in [0.2, 0.25) is 0 Å². The van der Waals surface area contributed by atoms with E-state index < -0.39 is 11.8 Å². The van der Waals surface area contributed by atoms with Crippen molar-refractivity contribution >= 4 is 17.3 Å². The fourth-order valence-electron chi connectivity index (χ4n) is 2.04. The summed E-state index contributed by atoms with van der Waals surface area (Å²) in [6.07, 6.45) is -0.180. The van der Waals surface area contributed by atoms with Crippen molar-refractivity contribution in [1.82, 2.24) is 0 Å². The van der Waals surface area contributed by atoms with Gasteiger partial charge in [-0.05, 0) is 43.2 Å². The SMILES string of the molecule is Cc1ccc(Nc2ccc(CC(=O)O)cc2F)c(C)c1. The van der Waals surface area contributed by atoms with Crippen molar-refractivity contribution in [3.63, 3.8) is 0 Å². The fourth-order valence-corrected chi connectivity index (χ4v) is 2.04. The Labute approximate surface area is 117 Å². The maximum Gasteiger partial charge on any atom is 0.307 e. The van der Waals surface area contributed by atoms with E-state index in [1.165, 1.54) is 6.07 Å². The lowest BCUT2D eigenvalue weighted by atomic mass is 10.1. The molecule has 0 aliphatic heterocycles. The molecule has 0 fully saturated rings. The minimum Gasteiger partial charge on any atom is -0.481 e. The number of rotatable bonds is 4. The van der Waals surface area contributed by atoms with Gasteiger partial charge in [0, 0.05) is 5.69 Å². The average Bonchev–Trinajstić information content (AvgIpc) is 2.34. The molecule has 0 saturated carbocycles. The third-order valence-electron chi connectivity index (χ3n) is 3.04. The highest BCUT2D eigenvalue weighted by atomic mass is 19.1.